The molecule has 0 saturated carbocycles. The third kappa shape index (κ3) is 3.72. The lowest BCUT2D eigenvalue weighted by Gasteiger charge is -2.33. The van der Waals surface area contributed by atoms with Crippen molar-refractivity contribution in [3.8, 4) is 0 Å². The van der Waals surface area contributed by atoms with E-state index in [1.807, 2.05) is 13.0 Å². The van der Waals surface area contributed by atoms with E-state index in [9.17, 15) is 10.2 Å². The van der Waals surface area contributed by atoms with Crippen LogP contribution in [0.4, 0.5) is 5.69 Å². The van der Waals surface area contributed by atoms with Gasteiger partial charge in [-0.15, -0.1) is 0 Å². The lowest BCUT2D eigenvalue weighted by Crippen LogP contribution is -2.40. The van der Waals surface area contributed by atoms with Crippen molar-refractivity contribution in [2.45, 2.75) is 20.8 Å². The summed E-state index contributed by atoms with van der Waals surface area (Å²) in [6.45, 7) is 7.54. The van der Waals surface area contributed by atoms with Crippen molar-refractivity contribution in [2.75, 3.05) is 31.2 Å². The lowest BCUT2D eigenvalue weighted by atomic mass is 9.92. The molecule has 1 rings (SSSR count). The van der Waals surface area contributed by atoms with E-state index in [1.54, 1.807) is 0 Å². The van der Waals surface area contributed by atoms with Crippen molar-refractivity contribution in [1.82, 2.24) is 0 Å². The summed E-state index contributed by atoms with van der Waals surface area (Å²) in [5, 5.41) is 18.7. The standard InChI is InChI=1S/C14H23NO2/c1-4-15(9-14(3,10-16)11-17)13-7-5-6-12(2)8-13/h5-8,16-17H,4,9-11H2,1-3H3. The number of benzene rings is 1. The van der Waals surface area contributed by atoms with E-state index in [1.165, 1.54) is 5.56 Å². The number of aryl methyl sites for hydroxylation is 1. The highest BCUT2D eigenvalue weighted by Gasteiger charge is 2.25. The quantitative estimate of drug-likeness (QED) is 0.793. The first-order valence-electron chi connectivity index (χ1n) is 6.08. The van der Waals surface area contributed by atoms with Gasteiger partial charge in [-0.1, -0.05) is 19.1 Å². The van der Waals surface area contributed by atoms with Crippen LogP contribution in [0.5, 0.6) is 0 Å². The molecule has 0 saturated heterocycles. The zero-order chi connectivity index (χ0) is 12.9. The second kappa shape index (κ2) is 6.03. The van der Waals surface area contributed by atoms with Crippen LogP contribution < -0.4 is 4.90 Å². The molecule has 0 spiro atoms. The van der Waals surface area contributed by atoms with Gasteiger partial charge in [-0.2, -0.15) is 0 Å². The van der Waals surface area contributed by atoms with Crippen LogP contribution >= 0.6 is 0 Å². The second-order valence-corrected chi connectivity index (χ2v) is 4.98. The van der Waals surface area contributed by atoms with Crippen LogP contribution in [-0.4, -0.2) is 36.5 Å². The van der Waals surface area contributed by atoms with Crippen LogP contribution in [-0.2, 0) is 0 Å². The van der Waals surface area contributed by atoms with Gasteiger partial charge in [-0.25, -0.2) is 0 Å². The third-order valence-electron chi connectivity index (χ3n) is 3.08. The maximum atomic E-state index is 9.34. The monoisotopic (exact) mass is 237 g/mol. The van der Waals surface area contributed by atoms with Gasteiger partial charge >= 0.3 is 0 Å². The Morgan fingerprint density at radius 1 is 1.24 bits per heavy atom. The molecular formula is C14H23NO2. The predicted molar refractivity (Wildman–Crippen MR) is 71.3 cm³/mol. The normalized spacial score (nSPS) is 11.6. The summed E-state index contributed by atoms with van der Waals surface area (Å²) in [4.78, 5) is 2.18. The molecule has 3 nitrogen and oxygen atoms in total. The molecule has 3 heteroatoms. The van der Waals surface area contributed by atoms with Gasteiger partial charge in [0, 0.05) is 24.2 Å². The van der Waals surface area contributed by atoms with Crippen molar-refractivity contribution >= 4 is 5.69 Å². The molecule has 0 bridgehead atoms. The Morgan fingerprint density at radius 3 is 2.35 bits per heavy atom. The summed E-state index contributed by atoms with van der Waals surface area (Å²) in [6, 6.07) is 8.28. The van der Waals surface area contributed by atoms with Gasteiger partial charge in [-0.3, -0.25) is 0 Å². The van der Waals surface area contributed by atoms with Gasteiger partial charge in [0.2, 0.25) is 0 Å². The molecular weight excluding hydrogens is 214 g/mol. The minimum Gasteiger partial charge on any atom is -0.396 e. The fourth-order valence-corrected chi connectivity index (χ4v) is 1.82. The zero-order valence-corrected chi connectivity index (χ0v) is 11.0. The molecule has 1 aromatic rings. The topological polar surface area (TPSA) is 43.7 Å². The van der Waals surface area contributed by atoms with Gasteiger partial charge < -0.3 is 15.1 Å². The Morgan fingerprint density at radius 2 is 1.88 bits per heavy atom. The molecule has 1 aromatic carbocycles. The fraction of sp³-hybridized carbons (Fsp3) is 0.571. The third-order valence-corrected chi connectivity index (χ3v) is 3.08. The molecule has 0 amide bonds. The summed E-state index contributed by atoms with van der Waals surface area (Å²) in [5.41, 5.74) is 1.90. The molecule has 96 valence electrons. The number of anilines is 1. The second-order valence-electron chi connectivity index (χ2n) is 4.98. The first-order valence-corrected chi connectivity index (χ1v) is 6.08. The van der Waals surface area contributed by atoms with Crippen molar-refractivity contribution in [1.29, 1.82) is 0 Å². The Kier molecular flexibility index (Phi) is 4.97. The number of hydrogen-bond acceptors (Lipinski definition) is 3. The van der Waals surface area contributed by atoms with Crippen LogP contribution in [0.1, 0.15) is 19.4 Å². The van der Waals surface area contributed by atoms with E-state index in [0.717, 1.165) is 12.2 Å². The van der Waals surface area contributed by atoms with Crippen LogP contribution in [0.2, 0.25) is 0 Å². The highest BCUT2D eigenvalue weighted by molar-refractivity contribution is 5.48. The van der Waals surface area contributed by atoms with Gasteiger partial charge in [0.05, 0.1) is 13.2 Å². The van der Waals surface area contributed by atoms with Gasteiger partial charge in [-0.05, 0) is 31.5 Å². The molecule has 0 aliphatic rings. The fourth-order valence-electron chi connectivity index (χ4n) is 1.82. The average molecular weight is 237 g/mol. The largest absolute Gasteiger partial charge is 0.396 e. The van der Waals surface area contributed by atoms with Crippen molar-refractivity contribution in [3.63, 3.8) is 0 Å². The van der Waals surface area contributed by atoms with Crippen LogP contribution in [0.15, 0.2) is 24.3 Å². The molecule has 0 aliphatic heterocycles. The van der Waals surface area contributed by atoms with Gasteiger partial charge in [0.15, 0.2) is 0 Å². The van der Waals surface area contributed by atoms with Crippen LogP contribution in [0, 0.1) is 12.3 Å². The SMILES string of the molecule is CCN(CC(C)(CO)CO)c1cccc(C)c1. The zero-order valence-electron chi connectivity index (χ0n) is 11.0. The van der Waals surface area contributed by atoms with Crippen molar-refractivity contribution < 1.29 is 10.2 Å². The minimum absolute atomic E-state index is 0.00812. The first kappa shape index (κ1) is 14.0. The van der Waals surface area contributed by atoms with E-state index in [4.69, 9.17) is 0 Å². The molecule has 0 heterocycles. The summed E-state index contributed by atoms with van der Waals surface area (Å²) >= 11 is 0. The van der Waals surface area contributed by atoms with Crippen LogP contribution in [0.3, 0.4) is 0 Å². The number of hydrogen-bond donors (Lipinski definition) is 2. The summed E-state index contributed by atoms with van der Waals surface area (Å²) in [5.74, 6) is 0. The lowest BCUT2D eigenvalue weighted by molar-refractivity contribution is 0.0755. The average Bonchev–Trinajstić information content (AvgIpc) is 2.35. The maximum absolute atomic E-state index is 9.34. The van der Waals surface area contributed by atoms with Crippen LogP contribution in [0.25, 0.3) is 0 Å². The van der Waals surface area contributed by atoms with E-state index in [2.05, 4.69) is 36.9 Å². The molecule has 2 N–H and O–H groups in total. The molecule has 0 aromatic heterocycles. The molecule has 0 fully saturated rings. The molecule has 17 heavy (non-hydrogen) atoms. The molecule has 0 aliphatic carbocycles. The van der Waals surface area contributed by atoms with E-state index in [-0.39, 0.29) is 13.2 Å². The Hall–Kier alpha value is -1.06. The number of aliphatic hydroxyl groups is 2. The van der Waals surface area contributed by atoms with E-state index < -0.39 is 5.41 Å². The van der Waals surface area contributed by atoms with Crippen molar-refractivity contribution in [3.05, 3.63) is 29.8 Å². The Bertz CT molecular complexity index is 348. The highest BCUT2D eigenvalue weighted by atomic mass is 16.3. The van der Waals surface area contributed by atoms with E-state index in [0.29, 0.717) is 6.54 Å². The summed E-state index contributed by atoms with van der Waals surface area (Å²) < 4.78 is 0. The molecule has 0 radical (unpaired) electrons. The maximum Gasteiger partial charge on any atom is 0.0523 e. The predicted octanol–water partition coefficient (Wildman–Crippen LogP) is 1.81. The molecule has 0 atom stereocenters. The summed E-state index contributed by atoms with van der Waals surface area (Å²) in [6.07, 6.45) is 0. The Labute approximate surface area is 104 Å². The minimum atomic E-state index is -0.459. The number of aliphatic hydroxyl groups excluding tert-OH is 2. The van der Waals surface area contributed by atoms with Gasteiger partial charge in [0.1, 0.15) is 0 Å². The number of nitrogens with zero attached hydrogens (tertiary/aromatic N) is 1. The van der Waals surface area contributed by atoms with Crippen molar-refractivity contribution in [2.24, 2.45) is 5.41 Å². The number of rotatable bonds is 6. The van der Waals surface area contributed by atoms with Gasteiger partial charge in [0.25, 0.3) is 0 Å². The van der Waals surface area contributed by atoms with E-state index >= 15 is 0 Å². The molecule has 0 unspecified atom stereocenters. The highest BCUT2D eigenvalue weighted by Crippen LogP contribution is 2.22. The smallest absolute Gasteiger partial charge is 0.0523 e. The Balaban J connectivity index is 2.85. The summed E-state index contributed by atoms with van der Waals surface area (Å²) in [7, 11) is 0. The first-order chi connectivity index (χ1) is 8.04.